The summed E-state index contributed by atoms with van der Waals surface area (Å²) in [7, 11) is 0. The van der Waals surface area contributed by atoms with E-state index >= 15 is 0 Å². The molecule has 0 saturated heterocycles. The van der Waals surface area contributed by atoms with E-state index in [0.29, 0.717) is 18.6 Å². The van der Waals surface area contributed by atoms with Gasteiger partial charge in [-0.2, -0.15) is 0 Å². The van der Waals surface area contributed by atoms with Crippen LogP contribution in [0.15, 0.2) is 48.5 Å². The summed E-state index contributed by atoms with van der Waals surface area (Å²) in [5.41, 5.74) is 1.66. The van der Waals surface area contributed by atoms with Crippen molar-refractivity contribution < 1.29 is 13.9 Å². The lowest BCUT2D eigenvalue weighted by Gasteiger charge is -2.14. The van der Waals surface area contributed by atoms with Crippen molar-refractivity contribution in [2.45, 2.75) is 19.3 Å². The Morgan fingerprint density at radius 3 is 2.57 bits per heavy atom. The molecule has 0 saturated carbocycles. The Balaban J connectivity index is 2.22. The fourth-order valence-corrected chi connectivity index (χ4v) is 2.39. The molecule has 2 aromatic rings. The van der Waals surface area contributed by atoms with E-state index in [9.17, 15) is 9.18 Å². The maximum absolute atomic E-state index is 13.0. The highest BCUT2D eigenvalue weighted by Crippen LogP contribution is 2.25. The highest BCUT2D eigenvalue weighted by molar-refractivity contribution is 6.64. The van der Waals surface area contributed by atoms with Gasteiger partial charge in [-0.15, -0.1) is 0 Å². The molecular weight excluding hydrogens is 291 g/mol. The van der Waals surface area contributed by atoms with Gasteiger partial charge < -0.3 is 4.74 Å². The molecule has 1 atom stereocenters. The molecule has 2 rings (SSSR count). The Labute approximate surface area is 128 Å². The first kappa shape index (κ1) is 15.5. The number of rotatable bonds is 6. The third-order valence-electron chi connectivity index (χ3n) is 3.20. The van der Waals surface area contributed by atoms with Gasteiger partial charge in [0.2, 0.25) is 5.24 Å². The molecule has 0 aromatic heterocycles. The minimum atomic E-state index is -0.496. The van der Waals surface area contributed by atoms with Crippen LogP contribution in [-0.2, 0) is 11.2 Å². The normalized spacial score (nSPS) is 12.0. The van der Waals surface area contributed by atoms with Crippen LogP contribution in [0.5, 0.6) is 5.75 Å². The van der Waals surface area contributed by atoms with Crippen LogP contribution < -0.4 is 4.74 Å². The molecule has 0 aliphatic carbocycles. The van der Waals surface area contributed by atoms with Gasteiger partial charge in [-0.1, -0.05) is 24.3 Å². The van der Waals surface area contributed by atoms with Crippen LogP contribution in [0, 0.1) is 5.82 Å². The molecule has 0 aliphatic rings. The van der Waals surface area contributed by atoms with Crippen LogP contribution in [0.4, 0.5) is 4.39 Å². The van der Waals surface area contributed by atoms with E-state index in [2.05, 4.69) is 0 Å². The molecule has 2 aromatic carbocycles. The lowest BCUT2D eigenvalue weighted by molar-refractivity contribution is -0.113. The molecule has 0 N–H and O–H groups in total. The minimum absolute atomic E-state index is 0.335. The van der Waals surface area contributed by atoms with Crippen LogP contribution in [0.25, 0.3) is 0 Å². The molecule has 0 fully saturated rings. The number of carbonyl (C=O) groups excluding carboxylic acids is 1. The van der Waals surface area contributed by atoms with Gasteiger partial charge in [0, 0.05) is 0 Å². The van der Waals surface area contributed by atoms with Crippen molar-refractivity contribution in [3.63, 3.8) is 0 Å². The van der Waals surface area contributed by atoms with Crippen molar-refractivity contribution in [3.8, 4) is 5.75 Å². The van der Waals surface area contributed by atoms with Crippen LogP contribution in [0.2, 0.25) is 0 Å². The number of carbonyl (C=O) groups is 1. The van der Waals surface area contributed by atoms with E-state index in [4.69, 9.17) is 16.3 Å². The molecule has 0 bridgehead atoms. The molecule has 0 radical (unpaired) electrons. The van der Waals surface area contributed by atoms with Crippen LogP contribution in [-0.4, -0.2) is 11.8 Å². The second kappa shape index (κ2) is 7.23. The fourth-order valence-electron chi connectivity index (χ4n) is 2.19. The lowest BCUT2D eigenvalue weighted by Crippen LogP contribution is -2.10. The number of ether oxygens (including phenoxy) is 1. The van der Waals surface area contributed by atoms with Gasteiger partial charge in [0.05, 0.1) is 12.5 Å². The smallest absolute Gasteiger partial charge is 0.229 e. The topological polar surface area (TPSA) is 26.3 Å². The lowest BCUT2D eigenvalue weighted by atomic mass is 9.93. The zero-order chi connectivity index (χ0) is 15.2. The molecule has 110 valence electrons. The quantitative estimate of drug-likeness (QED) is 0.743. The Bertz CT molecular complexity index is 610. The molecule has 2 nitrogen and oxygen atoms in total. The molecule has 0 heterocycles. The SMILES string of the molecule is CCOc1cccc(CC(C(=O)Cl)c2ccc(F)cc2)c1. The van der Waals surface area contributed by atoms with E-state index < -0.39 is 11.2 Å². The molecule has 1 unspecified atom stereocenters. The van der Waals surface area contributed by atoms with E-state index in [1.807, 2.05) is 31.2 Å². The van der Waals surface area contributed by atoms with E-state index in [1.165, 1.54) is 12.1 Å². The summed E-state index contributed by atoms with van der Waals surface area (Å²) in [4.78, 5) is 11.7. The van der Waals surface area contributed by atoms with Crippen molar-refractivity contribution in [3.05, 3.63) is 65.5 Å². The maximum Gasteiger partial charge on any atom is 0.229 e. The van der Waals surface area contributed by atoms with Crippen molar-refractivity contribution in [2.75, 3.05) is 6.61 Å². The van der Waals surface area contributed by atoms with Crippen molar-refractivity contribution in [2.24, 2.45) is 0 Å². The first-order chi connectivity index (χ1) is 10.1. The Morgan fingerprint density at radius 2 is 1.95 bits per heavy atom. The average molecular weight is 307 g/mol. The van der Waals surface area contributed by atoms with Gasteiger partial charge in [-0.05, 0) is 60.3 Å². The van der Waals surface area contributed by atoms with Crippen molar-refractivity contribution in [1.29, 1.82) is 0 Å². The predicted molar refractivity (Wildman–Crippen MR) is 81.3 cm³/mol. The van der Waals surface area contributed by atoms with Gasteiger partial charge in [-0.3, -0.25) is 4.79 Å². The minimum Gasteiger partial charge on any atom is -0.494 e. The van der Waals surface area contributed by atoms with Gasteiger partial charge in [0.25, 0.3) is 0 Å². The molecule has 4 heteroatoms. The molecule has 21 heavy (non-hydrogen) atoms. The molecule has 0 spiro atoms. The highest BCUT2D eigenvalue weighted by Gasteiger charge is 2.19. The number of halogens is 2. The predicted octanol–water partition coefficient (Wildman–Crippen LogP) is 4.32. The standard InChI is InChI=1S/C17H16ClFO2/c1-2-21-15-5-3-4-12(10-15)11-16(17(18)20)13-6-8-14(19)9-7-13/h3-10,16H,2,11H2,1H3. The summed E-state index contributed by atoms with van der Waals surface area (Å²) in [5.74, 6) is -0.0723. The zero-order valence-electron chi connectivity index (χ0n) is 11.7. The third-order valence-corrected chi connectivity index (χ3v) is 3.46. The summed E-state index contributed by atoms with van der Waals surface area (Å²) in [6.45, 7) is 2.50. The Morgan fingerprint density at radius 1 is 1.24 bits per heavy atom. The fraction of sp³-hybridized carbons (Fsp3) is 0.235. The van der Waals surface area contributed by atoms with Crippen LogP contribution in [0.3, 0.4) is 0 Å². The van der Waals surface area contributed by atoms with Crippen LogP contribution in [0.1, 0.15) is 24.0 Å². The number of hydrogen-bond donors (Lipinski definition) is 0. The van der Waals surface area contributed by atoms with Crippen LogP contribution >= 0.6 is 11.6 Å². The second-order valence-corrected chi connectivity index (χ2v) is 5.07. The molecule has 0 amide bonds. The van der Waals surface area contributed by atoms with Gasteiger partial charge >= 0.3 is 0 Å². The summed E-state index contributed by atoms with van der Waals surface area (Å²) >= 11 is 5.71. The average Bonchev–Trinajstić information content (AvgIpc) is 2.46. The molecule has 0 aliphatic heterocycles. The summed E-state index contributed by atoms with van der Waals surface area (Å²) in [6, 6.07) is 13.4. The highest BCUT2D eigenvalue weighted by atomic mass is 35.5. The van der Waals surface area contributed by atoms with E-state index in [1.54, 1.807) is 12.1 Å². The van der Waals surface area contributed by atoms with E-state index in [-0.39, 0.29) is 5.82 Å². The Hall–Kier alpha value is -1.87. The monoisotopic (exact) mass is 306 g/mol. The largest absolute Gasteiger partial charge is 0.494 e. The molecular formula is C17H16ClFO2. The number of hydrogen-bond acceptors (Lipinski definition) is 2. The van der Waals surface area contributed by atoms with Crippen molar-refractivity contribution in [1.82, 2.24) is 0 Å². The third kappa shape index (κ3) is 4.30. The summed E-state index contributed by atoms with van der Waals surface area (Å²) in [5, 5.41) is -0.455. The van der Waals surface area contributed by atoms with Gasteiger partial charge in [-0.25, -0.2) is 4.39 Å². The van der Waals surface area contributed by atoms with E-state index in [0.717, 1.165) is 11.3 Å². The van der Waals surface area contributed by atoms with Gasteiger partial charge in [0.15, 0.2) is 0 Å². The van der Waals surface area contributed by atoms with Gasteiger partial charge in [0.1, 0.15) is 11.6 Å². The first-order valence-electron chi connectivity index (χ1n) is 6.76. The first-order valence-corrected chi connectivity index (χ1v) is 7.14. The number of benzene rings is 2. The summed E-state index contributed by atoms with van der Waals surface area (Å²) in [6.07, 6.45) is 0.453. The maximum atomic E-state index is 13.0. The summed E-state index contributed by atoms with van der Waals surface area (Å²) < 4.78 is 18.4. The van der Waals surface area contributed by atoms with Crippen molar-refractivity contribution >= 4 is 16.8 Å². The Kier molecular flexibility index (Phi) is 5.34. The second-order valence-electron chi connectivity index (χ2n) is 4.69. The zero-order valence-corrected chi connectivity index (χ0v) is 12.4.